The molecule has 2 atom stereocenters. The molecule has 0 bridgehead atoms. The molecule has 1 nitrogen and oxygen atoms in total. The molecule has 1 aromatic rings. The largest absolute Gasteiger partial charge is 0.314 e. The summed E-state index contributed by atoms with van der Waals surface area (Å²) in [5, 5.41) is 3.59. The van der Waals surface area contributed by atoms with Crippen LogP contribution >= 0.6 is 0 Å². The van der Waals surface area contributed by atoms with E-state index in [0.717, 1.165) is 24.4 Å². The highest BCUT2D eigenvalue weighted by molar-refractivity contribution is 5.27. The van der Waals surface area contributed by atoms with Gasteiger partial charge in [-0.25, -0.2) is 0 Å². The molecule has 0 spiro atoms. The molecule has 1 N–H and O–H groups in total. The van der Waals surface area contributed by atoms with Crippen LogP contribution in [0.3, 0.4) is 0 Å². The van der Waals surface area contributed by atoms with Gasteiger partial charge in [-0.3, -0.25) is 0 Å². The lowest BCUT2D eigenvalue weighted by Gasteiger charge is -2.14. The van der Waals surface area contributed by atoms with Crippen LogP contribution in [0.5, 0.6) is 0 Å². The molecule has 1 aromatic carbocycles. The van der Waals surface area contributed by atoms with Crippen LogP contribution in [0.4, 0.5) is 0 Å². The fourth-order valence-electron chi connectivity index (χ4n) is 3.20. The highest BCUT2D eigenvalue weighted by atomic mass is 14.9. The summed E-state index contributed by atoms with van der Waals surface area (Å²) >= 11 is 0. The number of nitrogens with one attached hydrogen (secondary N) is 1. The highest BCUT2D eigenvalue weighted by Crippen LogP contribution is 2.34. The smallest absolute Gasteiger partial charge is 0.00729 e. The molecule has 1 aliphatic carbocycles. The molecule has 0 radical (unpaired) electrons. The van der Waals surface area contributed by atoms with Crippen molar-refractivity contribution in [1.29, 1.82) is 0 Å². The third kappa shape index (κ3) is 3.58. The first-order valence-corrected chi connectivity index (χ1v) is 7.51. The molecule has 0 heterocycles. The second-order valence-corrected chi connectivity index (χ2v) is 6.11. The maximum atomic E-state index is 3.59. The molecule has 2 rings (SSSR count). The van der Waals surface area contributed by atoms with Crippen molar-refractivity contribution in [2.75, 3.05) is 6.54 Å². The summed E-state index contributed by atoms with van der Waals surface area (Å²) in [6.07, 6.45) is 5.21. The minimum atomic E-state index is 0.744. The van der Waals surface area contributed by atoms with Crippen LogP contribution in [0.2, 0.25) is 0 Å². The summed E-state index contributed by atoms with van der Waals surface area (Å²) in [6, 6.07) is 10.0. The zero-order valence-electron chi connectivity index (χ0n) is 12.1. The second kappa shape index (κ2) is 6.38. The van der Waals surface area contributed by atoms with Gasteiger partial charge in [0.25, 0.3) is 0 Å². The maximum absolute atomic E-state index is 3.59. The molecule has 18 heavy (non-hydrogen) atoms. The van der Waals surface area contributed by atoms with Crippen LogP contribution in [0.15, 0.2) is 24.3 Å². The van der Waals surface area contributed by atoms with Crippen molar-refractivity contribution in [3.8, 4) is 0 Å². The molecule has 100 valence electrons. The summed E-state index contributed by atoms with van der Waals surface area (Å²) in [5.41, 5.74) is 3.07. The molecule has 1 saturated carbocycles. The molecule has 2 unspecified atom stereocenters. The van der Waals surface area contributed by atoms with E-state index in [9.17, 15) is 0 Å². The van der Waals surface area contributed by atoms with Crippen LogP contribution in [-0.4, -0.2) is 12.6 Å². The Balaban J connectivity index is 2.01. The van der Waals surface area contributed by atoms with Gasteiger partial charge >= 0.3 is 0 Å². The van der Waals surface area contributed by atoms with E-state index in [1.165, 1.54) is 31.2 Å². The van der Waals surface area contributed by atoms with Crippen molar-refractivity contribution in [3.05, 3.63) is 35.4 Å². The Morgan fingerprint density at radius 1 is 1.28 bits per heavy atom. The van der Waals surface area contributed by atoms with Gasteiger partial charge in [0, 0.05) is 6.04 Å². The first kappa shape index (κ1) is 13.6. The highest BCUT2D eigenvalue weighted by Gasteiger charge is 2.25. The molecule has 0 aromatic heterocycles. The third-order valence-corrected chi connectivity index (χ3v) is 3.99. The zero-order chi connectivity index (χ0) is 13.0. The minimum absolute atomic E-state index is 0.744. The van der Waals surface area contributed by atoms with E-state index in [-0.39, 0.29) is 0 Å². The van der Waals surface area contributed by atoms with Crippen molar-refractivity contribution in [2.24, 2.45) is 5.92 Å². The van der Waals surface area contributed by atoms with E-state index in [4.69, 9.17) is 0 Å². The van der Waals surface area contributed by atoms with Gasteiger partial charge in [-0.05, 0) is 55.2 Å². The average molecular weight is 245 g/mol. The van der Waals surface area contributed by atoms with E-state index >= 15 is 0 Å². The van der Waals surface area contributed by atoms with Gasteiger partial charge in [0.05, 0.1) is 0 Å². The van der Waals surface area contributed by atoms with Gasteiger partial charge in [-0.2, -0.15) is 0 Å². The summed E-state index contributed by atoms with van der Waals surface area (Å²) in [6.45, 7) is 7.90. The van der Waals surface area contributed by atoms with Crippen LogP contribution in [0.25, 0.3) is 0 Å². The van der Waals surface area contributed by atoms with Crippen molar-refractivity contribution >= 4 is 0 Å². The van der Waals surface area contributed by atoms with Crippen LogP contribution in [0.1, 0.15) is 57.1 Å². The van der Waals surface area contributed by atoms with Crippen molar-refractivity contribution in [1.82, 2.24) is 5.32 Å². The Hall–Kier alpha value is -0.820. The summed E-state index contributed by atoms with van der Waals surface area (Å²) in [7, 11) is 0. The predicted octanol–water partition coefficient (Wildman–Crippen LogP) is 4.13. The minimum Gasteiger partial charge on any atom is -0.314 e. The quantitative estimate of drug-likeness (QED) is 0.822. The first-order valence-electron chi connectivity index (χ1n) is 7.51. The number of benzene rings is 1. The monoisotopic (exact) mass is 245 g/mol. The van der Waals surface area contributed by atoms with Gasteiger partial charge in [0.15, 0.2) is 0 Å². The first-order chi connectivity index (χ1) is 8.69. The van der Waals surface area contributed by atoms with Gasteiger partial charge in [0.1, 0.15) is 0 Å². The van der Waals surface area contributed by atoms with Crippen LogP contribution in [0, 0.1) is 5.92 Å². The number of hydrogen-bond acceptors (Lipinski definition) is 1. The van der Waals surface area contributed by atoms with E-state index in [1.54, 1.807) is 5.56 Å². The molecule has 0 amide bonds. The fourth-order valence-corrected chi connectivity index (χ4v) is 3.20. The van der Waals surface area contributed by atoms with Gasteiger partial charge < -0.3 is 5.32 Å². The summed E-state index contributed by atoms with van der Waals surface area (Å²) < 4.78 is 0. The molecule has 1 aliphatic rings. The Bertz CT molecular complexity index is 370. The maximum Gasteiger partial charge on any atom is 0.00729 e. The van der Waals surface area contributed by atoms with Crippen molar-refractivity contribution in [3.63, 3.8) is 0 Å². The Morgan fingerprint density at radius 2 is 2.11 bits per heavy atom. The Morgan fingerprint density at radius 3 is 2.83 bits per heavy atom. The van der Waals surface area contributed by atoms with E-state index in [0.29, 0.717) is 0 Å². The third-order valence-electron chi connectivity index (χ3n) is 3.99. The van der Waals surface area contributed by atoms with Crippen LogP contribution < -0.4 is 5.32 Å². The lowest BCUT2D eigenvalue weighted by molar-refractivity contribution is 0.535. The molecule has 0 aliphatic heterocycles. The van der Waals surface area contributed by atoms with Gasteiger partial charge in [0.2, 0.25) is 0 Å². The topological polar surface area (TPSA) is 12.0 Å². The molecular formula is C17H27N. The summed E-state index contributed by atoms with van der Waals surface area (Å²) in [5.74, 6) is 1.53. The lowest BCUT2D eigenvalue weighted by Crippen LogP contribution is -2.25. The van der Waals surface area contributed by atoms with Gasteiger partial charge in [-0.1, -0.05) is 45.0 Å². The summed E-state index contributed by atoms with van der Waals surface area (Å²) in [4.78, 5) is 0. The van der Waals surface area contributed by atoms with E-state index in [1.807, 2.05) is 0 Å². The number of hydrogen-bond donors (Lipinski definition) is 1. The normalized spacial score (nSPS) is 23.8. The van der Waals surface area contributed by atoms with Crippen molar-refractivity contribution < 1.29 is 0 Å². The van der Waals surface area contributed by atoms with E-state index in [2.05, 4.69) is 50.4 Å². The fraction of sp³-hybridized carbons (Fsp3) is 0.647. The van der Waals surface area contributed by atoms with E-state index < -0.39 is 0 Å². The SMILES string of the molecule is CCNC1CCC(c2cccc(CC(C)C)c2)C1. The standard InChI is InChI=1S/C17H27N/c1-4-18-17-9-8-16(12-17)15-7-5-6-14(11-15)10-13(2)3/h5-7,11,13,16-18H,4,8-10,12H2,1-3H3. The Labute approximate surface area is 112 Å². The molecule has 1 fully saturated rings. The van der Waals surface area contributed by atoms with Crippen LogP contribution in [-0.2, 0) is 6.42 Å². The zero-order valence-corrected chi connectivity index (χ0v) is 12.1. The second-order valence-electron chi connectivity index (χ2n) is 6.11. The molecule has 0 saturated heterocycles. The Kier molecular flexibility index (Phi) is 4.82. The predicted molar refractivity (Wildman–Crippen MR) is 79.0 cm³/mol. The molecular weight excluding hydrogens is 218 g/mol. The van der Waals surface area contributed by atoms with Gasteiger partial charge in [-0.15, -0.1) is 0 Å². The average Bonchev–Trinajstić information content (AvgIpc) is 2.78. The lowest BCUT2D eigenvalue weighted by atomic mass is 9.93. The van der Waals surface area contributed by atoms with Crippen molar-refractivity contribution in [2.45, 2.75) is 58.4 Å². The molecule has 1 heteroatoms. The number of rotatable bonds is 5.